The number of hydrogen-bond acceptors (Lipinski definition) is 7. The van der Waals surface area contributed by atoms with Gasteiger partial charge in [0.25, 0.3) is 5.56 Å². The van der Waals surface area contributed by atoms with Gasteiger partial charge in [-0.05, 0) is 30.7 Å². The summed E-state index contributed by atoms with van der Waals surface area (Å²) in [5.74, 6) is -0.0150. The van der Waals surface area contributed by atoms with Crippen molar-refractivity contribution in [2.75, 3.05) is 13.7 Å². The smallest absolute Gasteiger partial charge is 0.340 e. The molecule has 0 fully saturated rings. The number of benzene rings is 2. The second-order valence-corrected chi connectivity index (χ2v) is 6.22. The standard InChI is InChI=1S/C19H18ClN3O5/c1-3-8-27-17-14(20)9-12(10-16(17)26-2)19(25)28-11-23-18(24)13-6-4-5-7-15(13)21-22-23/h4-7,9-10H,3,8,11H2,1-2H3. The minimum atomic E-state index is -0.691. The number of halogens is 1. The predicted octanol–water partition coefficient (Wildman–Crippen LogP) is 3.06. The van der Waals surface area contributed by atoms with E-state index in [2.05, 4.69) is 10.3 Å². The van der Waals surface area contributed by atoms with Crippen LogP contribution >= 0.6 is 11.6 Å². The van der Waals surface area contributed by atoms with Crippen molar-refractivity contribution < 1.29 is 19.0 Å². The van der Waals surface area contributed by atoms with Crippen LogP contribution < -0.4 is 15.0 Å². The van der Waals surface area contributed by atoms with Gasteiger partial charge >= 0.3 is 5.97 Å². The molecule has 0 radical (unpaired) electrons. The lowest BCUT2D eigenvalue weighted by atomic mass is 10.2. The molecule has 0 aliphatic rings. The molecule has 0 aliphatic carbocycles. The molecule has 0 amide bonds. The van der Waals surface area contributed by atoms with E-state index in [1.807, 2.05) is 6.92 Å². The van der Waals surface area contributed by atoms with Crippen LogP contribution in [0.3, 0.4) is 0 Å². The summed E-state index contributed by atoms with van der Waals surface area (Å²) in [5, 5.41) is 8.33. The first-order valence-electron chi connectivity index (χ1n) is 8.55. The fourth-order valence-corrected chi connectivity index (χ4v) is 2.76. The molecule has 146 valence electrons. The number of ether oxygens (including phenoxy) is 3. The number of fused-ring (bicyclic) bond motifs is 1. The van der Waals surface area contributed by atoms with Gasteiger partial charge in [-0.25, -0.2) is 4.79 Å². The number of nitrogens with zero attached hydrogens (tertiary/aromatic N) is 3. The normalized spacial score (nSPS) is 10.7. The van der Waals surface area contributed by atoms with E-state index >= 15 is 0 Å². The summed E-state index contributed by atoms with van der Waals surface area (Å²) in [6.07, 6.45) is 0.796. The zero-order valence-electron chi connectivity index (χ0n) is 15.3. The number of aromatic nitrogens is 3. The molecule has 9 heteroatoms. The zero-order valence-corrected chi connectivity index (χ0v) is 16.1. The molecule has 2 aromatic carbocycles. The van der Waals surface area contributed by atoms with E-state index in [9.17, 15) is 9.59 Å². The van der Waals surface area contributed by atoms with Gasteiger partial charge in [-0.1, -0.05) is 35.9 Å². The van der Waals surface area contributed by atoms with Crippen molar-refractivity contribution in [2.24, 2.45) is 0 Å². The maximum absolute atomic E-state index is 12.4. The maximum Gasteiger partial charge on any atom is 0.340 e. The van der Waals surface area contributed by atoms with Crippen molar-refractivity contribution >= 4 is 28.5 Å². The van der Waals surface area contributed by atoms with Crippen molar-refractivity contribution in [1.82, 2.24) is 15.0 Å². The Kier molecular flexibility index (Phi) is 6.10. The van der Waals surface area contributed by atoms with E-state index in [0.29, 0.717) is 29.0 Å². The maximum atomic E-state index is 12.4. The van der Waals surface area contributed by atoms with Crippen LogP contribution in [0, 0.1) is 0 Å². The summed E-state index contributed by atoms with van der Waals surface area (Å²) in [5.41, 5.74) is 0.221. The second kappa shape index (κ2) is 8.71. The second-order valence-electron chi connectivity index (χ2n) is 5.81. The molecule has 0 atom stereocenters. The molecule has 3 aromatic rings. The Bertz CT molecular complexity index is 1070. The molecule has 0 unspecified atom stereocenters. The molecule has 1 heterocycles. The topological polar surface area (TPSA) is 92.5 Å². The summed E-state index contributed by atoms with van der Waals surface area (Å²) >= 11 is 6.21. The molecular formula is C19H18ClN3O5. The number of methoxy groups -OCH3 is 1. The van der Waals surface area contributed by atoms with Crippen LogP contribution in [0.1, 0.15) is 23.7 Å². The Morgan fingerprint density at radius 3 is 2.79 bits per heavy atom. The van der Waals surface area contributed by atoms with Crippen molar-refractivity contribution in [3.05, 3.63) is 57.3 Å². The molecule has 8 nitrogen and oxygen atoms in total. The average molecular weight is 404 g/mol. The molecular weight excluding hydrogens is 386 g/mol. The van der Waals surface area contributed by atoms with E-state index < -0.39 is 11.5 Å². The summed E-state index contributed by atoms with van der Waals surface area (Å²) in [6, 6.07) is 9.67. The number of carbonyl (C=O) groups is 1. The molecule has 28 heavy (non-hydrogen) atoms. The summed E-state index contributed by atoms with van der Waals surface area (Å²) in [6.45, 7) is 2.04. The Morgan fingerprint density at radius 2 is 2.04 bits per heavy atom. The third-order valence-electron chi connectivity index (χ3n) is 3.86. The first-order chi connectivity index (χ1) is 13.5. The highest BCUT2D eigenvalue weighted by Crippen LogP contribution is 2.36. The minimum Gasteiger partial charge on any atom is -0.493 e. The quantitative estimate of drug-likeness (QED) is 0.559. The third-order valence-corrected chi connectivity index (χ3v) is 4.14. The lowest BCUT2D eigenvalue weighted by Crippen LogP contribution is -2.26. The fourth-order valence-electron chi connectivity index (χ4n) is 2.49. The van der Waals surface area contributed by atoms with E-state index in [1.54, 1.807) is 24.3 Å². The van der Waals surface area contributed by atoms with Gasteiger partial charge in [0.15, 0.2) is 18.2 Å². The Balaban J connectivity index is 1.79. The molecule has 0 bridgehead atoms. The fraction of sp³-hybridized carbons (Fsp3) is 0.263. The first kappa shape index (κ1) is 19.6. The van der Waals surface area contributed by atoms with Gasteiger partial charge in [0.1, 0.15) is 5.52 Å². The number of rotatable bonds is 7. The zero-order chi connectivity index (χ0) is 20.1. The monoisotopic (exact) mass is 403 g/mol. The van der Waals surface area contributed by atoms with Gasteiger partial charge in [0, 0.05) is 0 Å². The van der Waals surface area contributed by atoms with Crippen LogP contribution in [0.2, 0.25) is 5.02 Å². The predicted molar refractivity (Wildman–Crippen MR) is 103 cm³/mol. The van der Waals surface area contributed by atoms with E-state index in [-0.39, 0.29) is 17.3 Å². The number of hydrogen-bond donors (Lipinski definition) is 0. The van der Waals surface area contributed by atoms with Crippen LogP contribution in [-0.2, 0) is 11.5 Å². The number of carbonyl (C=O) groups excluding carboxylic acids is 1. The van der Waals surface area contributed by atoms with Crippen LogP contribution in [0.15, 0.2) is 41.2 Å². The lowest BCUT2D eigenvalue weighted by Gasteiger charge is -2.13. The van der Waals surface area contributed by atoms with E-state index in [1.165, 1.54) is 19.2 Å². The van der Waals surface area contributed by atoms with Crippen LogP contribution in [0.25, 0.3) is 10.9 Å². The molecule has 0 N–H and O–H groups in total. The van der Waals surface area contributed by atoms with Crippen molar-refractivity contribution in [1.29, 1.82) is 0 Å². The van der Waals surface area contributed by atoms with Crippen molar-refractivity contribution in [3.63, 3.8) is 0 Å². The van der Waals surface area contributed by atoms with Gasteiger partial charge in [0.2, 0.25) is 0 Å². The molecule has 3 rings (SSSR count). The summed E-state index contributed by atoms with van der Waals surface area (Å²) in [7, 11) is 1.45. The summed E-state index contributed by atoms with van der Waals surface area (Å²) in [4.78, 5) is 24.8. The molecule has 1 aromatic heterocycles. The van der Waals surface area contributed by atoms with Gasteiger partial charge in [-0.3, -0.25) is 4.79 Å². The largest absolute Gasteiger partial charge is 0.493 e. The van der Waals surface area contributed by atoms with Gasteiger partial charge in [-0.15, -0.1) is 5.10 Å². The first-order valence-corrected chi connectivity index (χ1v) is 8.93. The van der Waals surface area contributed by atoms with Gasteiger partial charge in [-0.2, -0.15) is 4.68 Å². The highest BCUT2D eigenvalue weighted by atomic mass is 35.5. The van der Waals surface area contributed by atoms with Crippen LogP contribution in [-0.4, -0.2) is 34.7 Å². The van der Waals surface area contributed by atoms with Crippen molar-refractivity contribution in [2.45, 2.75) is 20.1 Å². The number of esters is 1. The van der Waals surface area contributed by atoms with Crippen molar-refractivity contribution in [3.8, 4) is 11.5 Å². The summed E-state index contributed by atoms with van der Waals surface area (Å²) < 4.78 is 17.0. The van der Waals surface area contributed by atoms with Crippen LogP contribution in [0.5, 0.6) is 11.5 Å². The Labute approximate surface area is 165 Å². The highest BCUT2D eigenvalue weighted by molar-refractivity contribution is 6.32. The van der Waals surface area contributed by atoms with Gasteiger partial charge < -0.3 is 14.2 Å². The van der Waals surface area contributed by atoms with E-state index in [0.717, 1.165) is 11.1 Å². The Morgan fingerprint density at radius 1 is 1.25 bits per heavy atom. The van der Waals surface area contributed by atoms with Gasteiger partial charge in [0.05, 0.1) is 29.7 Å². The highest BCUT2D eigenvalue weighted by Gasteiger charge is 2.17. The Hall–Kier alpha value is -3.13. The van der Waals surface area contributed by atoms with Crippen LogP contribution in [0.4, 0.5) is 0 Å². The molecule has 0 spiro atoms. The van der Waals surface area contributed by atoms with E-state index in [4.69, 9.17) is 25.8 Å². The third kappa shape index (κ3) is 4.07. The average Bonchev–Trinajstić information content (AvgIpc) is 2.71. The minimum absolute atomic E-state index is 0.160. The molecule has 0 saturated heterocycles. The molecule has 0 aliphatic heterocycles. The lowest BCUT2D eigenvalue weighted by molar-refractivity contribution is 0.0335. The SMILES string of the molecule is CCCOc1c(Cl)cc(C(=O)OCn2nnc3ccccc3c2=O)cc1OC. The molecule has 0 saturated carbocycles.